The number of hydrogen-bond acceptors (Lipinski definition) is 3. The SMILES string of the molecule is CCCOc1cccc(C(=O)NC2CCC(C)NC2)c1. The second-order valence-electron chi connectivity index (χ2n) is 5.43. The highest BCUT2D eigenvalue weighted by Crippen LogP contribution is 2.14. The van der Waals surface area contributed by atoms with Crippen LogP contribution in [0.4, 0.5) is 0 Å². The van der Waals surface area contributed by atoms with E-state index in [9.17, 15) is 4.79 Å². The molecule has 20 heavy (non-hydrogen) atoms. The average molecular weight is 276 g/mol. The van der Waals surface area contributed by atoms with Crippen LogP contribution in [0.1, 0.15) is 43.5 Å². The molecule has 2 rings (SSSR count). The van der Waals surface area contributed by atoms with Crippen LogP contribution in [0.15, 0.2) is 24.3 Å². The summed E-state index contributed by atoms with van der Waals surface area (Å²) < 4.78 is 5.56. The van der Waals surface area contributed by atoms with Gasteiger partial charge in [-0.25, -0.2) is 0 Å². The van der Waals surface area contributed by atoms with Gasteiger partial charge in [-0.05, 0) is 44.4 Å². The van der Waals surface area contributed by atoms with Crippen LogP contribution in [0.2, 0.25) is 0 Å². The van der Waals surface area contributed by atoms with Crippen LogP contribution in [0.5, 0.6) is 5.75 Å². The van der Waals surface area contributed by atoms with Crippen molar-refractivity contribution >= 4 is 5.91 Å². The lowest BCUT2D eigenvalue weighted by Crippen LogP contribution is -2.48. The van der Waals surface area contributed by atoms with E-state index in [4.69, 9.17) is 4.74 Å². The van der Waals surface area contributed by atoms with Crippen molar-refractivity contribution in [2.75, 3.05) is 13.2 Å². The maximum absolute atomic E-state index is 12.2. The first-order valence-electron chi connectivity index (χ1n) is 7.46. The third kappa shape index (κ3) is 4.23. The number of benzene rings is 1. The Morgan fingerprint density at radius 2 is 2.30 bits per heavy atom. The number of nitrogens with one attached hydrogen (secondary N) is 2. The van der Waals surface area contributed by atoms with Crippen LogP contribution in [-0.4, -0.2) is 31.1 Å². The van der Waals surface area contributed by atoms with Gasteiger partial charge in [0.25, 0.3) is 5.91 Å². The third-order valence-corrected chi connectivity index (χ3v) is 3.57. The molecule has 0 spiro atoms. The minimum Gasteiger partial charge on any atom is -0.494 e. The summed E-state index contributed by atoms with van der Waals surface area (Å²) in [5.41, 5.74) is 0.664. The number of hydrogen-bond donors (Lipinski definition) is 2. The molecule has 1 aliphatic heterocycles. The van der Waals surface area contributed by atoms with Gasteiger partial charge in [0.05, 0.1) is 6.61 Å². The maximum Gasteiger partial charge on any atom is 0.251 e. The smallest absolute Gasteiger partial charge is 0.251 e. The van der Waals surface area contributed by atoms with Gasteiger partial charge in [-0.3, -0.25) is 4.79 Å². The lowest BCUT2D eigenvalue weighted by molar-refractivity contribution is 0.0927. The molecule has 110 valence electrons. The Balaban J connectivity index is 1.91. The molecule has 2 N–H and O–H groups in total. The molecule has 0 saturated carbocycles. The number of rotatable bonds is 5. The first-order chi connectivity index (χ1) is 9.69. The minimum absolute atomic E-state index is 0.0201. The van der Waals surface area contributed by atoms with Crippen molar-refractivity contribution in [3.8, 4) is 5.75 Å². The van der Waals surface area contributed by atoms with Crippen LogP contribution in [-0.2, 0) is 0 Å². The molecule has 0 bridgehead atoms. The van der Waals surface area contributed by atoms with E-state index in [0.29, 0.717) is 18.2 Å². The molecule has 4 heteroatoms. The van der Waals surface area contributed by atoms with Crippen molar-refractivity contribution < 1.29 is 9.53 Å². The molecular formula is C16H24N2O2. The lowest BCUT2D eigenvalue weighted by Gasteiger charge is -2.28. The Morgan fingerprint density at radius 3 is 3.00 bits per heavy atom. The Hall–Kier alpha value is -1.55. The van der Waals surface area contributed by atoms with Gasteiger partial charge in [0, 0.05) is 24.2 Å². The van der Waals surface area contributed by atoms with Crippen molar-refractivity contribution in [1.29, 1.82) is 0 Å². The van der Waals surface area contributed by atoms with Crippen molar-refractivity contribution in [2.45, 2.75) is 45.2 Å². The van der Waals surface area contributed by atoms with E-state index in [1.54, 1.807) is 0 Å². The summed E-state index contributed by atoms with van der Waals surface area (Å²) in [5, 5.41) is 6.47. The van der Waals surface area contributed by atoms with Gasteiger partial charge in [0.15, 0.2) is 0 Å². The Labute approximate surface area is 120 Å². The fourth-order valence-electron chi connectivity index (χ4n) is 2.34. The summed E-state index contributed by atoms with van der Waals surface area (Å²) in [6.45, 7) is 5.76. The summed E-state index contributed by atoms with van der Waals surface area (Å²) >= 11 is 0. The van der Waals surface area contributed by atoms with Gasteiger partial charge in [-0.1, -0.05) is 13.0 Å². The highest BCUT2D eigenvalue weighted by Gasteiger charge is 2.19. The standard InChI is InChI=1S/C16H24N2O2/c1-3-9-20-15-6-4-5-13(10-15)16(19)18-14-8-7-12(2)17-11-14/h4-6,10,12,14,17H,3,7-9,11H2,1-2H3,(H,18,19). The number of carbonyl (C=O) groups excluding carboxylic acids is 1. The molecule has 0 aliphatic carbocycles. The highest BCUT2D eigenvalue weighted by molar-refractivity contribution is 5.94. The molecule has 0 aromatic heterocycles. The van der Waals surface area contributed by atoms with Gasteiger partial charge >= 0.3 is 0 Å². The first-order valence-corrected chi connectivity index (χ1v) is 7.46. The molecule has 1 aliphatic rings. The summed E-state index contributed by atoms with van der Waals surface area (Å²) in [7, 11) is 0. The van der Waals surface area contributed by atoms with Gasteiger partial charge in [0.1, 0.15) is 5.75 Å². The first kappa shape index (κ1) is 14.9. The topological polar surface area (TPSA) is 50.4 Å². The van der Waals surface area contributed by atoms with Crippen molar-refractivity contribution in [3.63, 3.8) is 0 Å². The molecule has 0 radical (unpaired) electrons. The number of piperidine rings is 1. The highest BCUT2D eigenvalue weighted by atomic mass is 16.5. The zero-order chi connectivity index (χ0) is 14.4. The van der Waals surface area contributed by atoms with Gasteiger partial charge in [-0.15, -0.1) is 0 Å². The molecule has 2 unspecified atom stereocenters. The van der Waals surface area contributed by atoms with E-state index in [0.717, 1.165) is 31.6 Å². The summed E-state index contributed by atoms with van der Waals surface area (Å²) in [6, 6.07) is 8.15. The normalized spacial score (nSPS) is 22.3. The predicted octanol–water partition coefficient (Wildman–Crippen LogP) is 2.35. The van der Waals surface area contributed by atoms with E-state index < -0.39 is 0 Å². The summed E-state index contributed by atoms with van der Waals surface area (Å²) in [4.78, 5) is 12.2. The Morgan fingerprint density at radius 1 is 1.45 bits per heavy atom. The minimum atomic E-state index is -0.0201. The van der Waals surface area contributed by atoms with E-state index in [1.165, 1.54) is 0 Å². The van der Waals surface area contributed by atoms with Gasteiger partial charge in [-0.2, -0.15) is 0 Å². The fourth-order valence-corrected chi connectivity index (χ4v) is 2.34. The van der Waals surface area contributed by atoms with Gasteiger partial charge in [0.2, 0.25) is 0 Å². The van der Waals surface area contributed by atoms with E-state index in [2.05, 4.69) is 24.5 Å². The Bertz CT molecular complexity index is 440. The molecule has 1 aromatic carbocycles. The third-order valence-electron chi connectivity index (χ3n) is 3.57. The van der Waals surface area contributed by atoms with E-state index in [1.807, 2.05) is 24.3 Å². The second kappa shape index (κ2) is 7.29. The fraction of sp³-hybridized carbons (Fsp3) is 0.562. The van der Waals surface area contributed by atoms with E-state index in [-0.39, 0.29) is 11.9 Å². The number of amides is 1. The quantitative estimate of drug-likeness (QED) is 0.868. The molecular weight excluding hydrogens is 252 g/mol. The zero-order valence-corrected chi connectivity index (χ0v) is 12.3. The molecule has 1 saturated heterocycles. The lowest BCUT2D eigenvalue weighted by atomic mass is 10.0. The average Bonchev–Trinajstić information content (AvgIpc) is 2.48. The summed E-state index contributed by atoms with van der Waals surface area (Å²) in [6.07, 6.45) is 3.10. The molecule has 1 amide bonds. The van der Waals surface area contributed by atoms with Crippen molar-refractivity contribution in [2.24, 2.45) is 0 Å². The number of carbonyl (C=O) groups is 1. The second-order valence-corrected chi connectivity index (χ2v) is 5.43. The monoisotopic (exact) mass is 276 g/mol. The van der Waals surface area contributed by atoms with Crippen LogP contribution in [0, 0.1) is 0 Å². The maximum atomic E-state index is 12.2. The predicted molar refractivity (Wildman–Crippen MR) is 80.2 cm³/mol. The van der Waals surface area contributed by atoms with Crippen molar-refractivity contribution in [3.05, 3.63) is 29.8 Å². The molecule has 1 heterocycles. The zero-order valence-electron chi connectivity index (χ0n) is 12.3. The molecule has 1 aromatic rings. The van der Waals surface area contributed by atoms with Crippen LogP contribution in [0.3, 0.4) is 0 Å². The molecule has 2 atom stereocenters. The van der Waals surface area contributed by atoms with Crippen molar-refractivity contribution in [1.82, 2.24) is 10.6 Å². The largest absolute Gasteiger partial charge is 0.494 e. The Kier molecular flexibility index (Phi) is 5.41. The van der Waals surface area contributed by atoms with Gasteiger partial charge < -0.3 is 15.4 Å². The summed E-state index contributed by atoms with van der Waals surface area (Å²) in [5.74, 6) is 0.739. The van der Waals surface area contributed by atoms with Crippen LogP contribution in [0.25, 0.3) is 0 Å². The van der Waals surface area contributed by atoms with E-state index >= 15 is 0 Å². The molecule has 1 fully saturated rings. The van der Waals surface area contributed by atoms with Crippen LogP contribution < -0.4 is 15.4 Å². The molecule has 4 nitrogen and oxygen atoms in total. The van der Waals surface area contributed by atoms with Crippen LogP contribution >= 0.6 is 0 Å². The number of ether oxygens (including phenoxy) is 1.